The van der Waals surface area contributed by atoms with Crippen LogP contribution in [0.25, 0.3) is 0 Å². The van der Waals surface area contributed by atoms with E-state index in [1.807, 2.05) is 18.5 Å². The Labute approximate surface area is 255 Å². The largest absolute Gasteiger partial charge is 0.352 e. The minimum atomic E-state index is -0.199. The molecule has 8 heteroatoms. The van der Waals surface area contributed by atoms with E-state index in [0.717, 1.165) is 62.9 Å². The normalized spacial score (nSPS) is 21.9. The second kappa shape index (κ2) is 13.7. The highest BCUT2D eigenvalue weighted by molar-refractivity contribution is 6.30. The van der Waals surface area contributed by atoms with Gasteiger partial charge in [0.2, 0.25) is 5.91 Å². The smallest absolute Gasteiger partial charge is 0.237 e. The van der Waals surface area contributed by atoms with Gasteiger partial charge in [0.1, 0.15) is 12.7 Å². The Morgan fingerprint density at radius 1 is 1.05 bits per heavy atom. The lowest BCUT2D eigenvalue weighted by atomic mass is 9.63. The molecule has 7 nitrogen and oxygen atoms in total. The molecule has 6 rings (SSSR count). The highest BCUT2D eigenvalue weighted by Crippen LogP contribution is 2.47. The Morgan fingerprint density at radius 3 is 2.55 bits per heavy atom. The summed E-state index contributed by atoms with van der Waals surface area (Å²) in [5.74, 6) is 0.883. The number of benzene rings is 2. The molecule has 0 bridgehead atoms. The maximum atomic E-state index is 13.5. The minimum Gasteiger partial charge on any atom is -0.352 e. The van der Waals surface area contributed by atoms with Crippen molar-refractivity contribution < 1.29 is 4.79 Å². The predicted molar refractivity (Wildman–Crippen MR) is 167 cm³/mol. The summed E-state index contributed by atoms with van der Waals surface area (Å²) in [6.07, 6.45) is 15.2. The summed E-state index contributed by atoms with van der Waals surface area (Å²) in [6, 6.07) is 16.4. The number of carbonyl (C=O) groups excluding carboxylic acids is 1. The molecule has 2 aliphatic heterocycles. The van der Waals surface area contributed by atoms with Crippen molar-refractivity contribution in [1.29, 1.82) is 0 Å². The number of amides is 1. The fraction of sp³-hybridized carbons (Fsp3) is 0.559. The van der Waals surface area contributed by atoms with Crippen molar-refractivity contribution in [3.8, 4) is 0 Å². The highest BCUT2D eigenvalue weighted by atomic mass is 35.5. The van der Waals surface area contributed by atoms with Gasteiger partial charge in [0.15, 0.2) is 0 Å². The fourth-order valence-electron chi connectivity index (χ4n) is 7.68. The third kappa shape index (κ3) is 7.24. The van der Waals surface area contributed by atoms with E-state index < -0.39 is 0 Å². The van der Waals surface area contributed by atoms with Crippen LogP contribution in [0.5, 0.6) is 0 Å². The number of fused-ring (bicyclic) bond motifs is 1. The van der Waals surface area contributed by atoms with Gasteiger partial charge in [-0.1, -0.05) is 67.3 Å². The quantitative estimate of drug-likeness (QED) is 0.330. The second-order valence-electron chi connectivity index (χ2n) is 12.9. The van der Waals surface area contributed by atoms with Crippen LogP contribution in [0, 0.1) is 11.3 Å². The second-order valence-corrected chi connectivity index (χ2v) is 13.3. The first-order valence-electron chi connectivity index (χ1n) is 16.0. The maximum Gasteiger partial charge on any atom is 0.237 e. The van der Waals surface area contributed by atoms with Gasteiger partial charge in [0, 0.05) is 30.7 Å². The first-order valence-corrected chi connectivity index (χ1v) is 16.3. The van der Waals surface area contributed by atoms with Crippen molar-refractivity contribution in [3.63, 3.8) is 0 Å². The van der Waals surface area contributed by atoms with E-state index in [4.69, 9.17) is 11.6 Å². The van der Waals surface area contributed by atoms with Gasteiger partial charge in [0.05, 0.1) is 6.04 Å². The van der Waals surface area contributed by atoms with E-state index in [9.17, 15) is 4.79 Å². The summed E-state index contributed by atoms with van der Waals surface area (Å²) in [5.41, 5.74) is 4.07. The topological polar surface area (TPSA) is 75.1 Å². The average molecular weight is 589 g/mol. The minimum absolute atomic E-state index is 0.0674. The number of aromatic nitrogens is 3. The van der Waals surface area contributed by atoms with Gasteiger partial charge in [-0.15, -0.1) is 0 Å². The van der Waals surface area contributed by atoms with Crippen LogP contribution in [0.1, 0.15) is 68.1 Å². The number of nitrogens with zero attached hydrogens (tertiary/aromatic N) is 4. The van der Waals surface area contributed by atoms with E-state index in [-0.39, 0.29) is 18.0 Å². The van der Waals surface area contributed by atoms with Crippen molar-refractivity contribution in [2.75, 3.05) is 19.6 Å². The zero-order chi connectivity index (χ0) is 28.8. The van der Waals surface area contributed by atoms with Gasteiger partial charge in [0.25, 0.3) is 0 Å². The van der Waals surface area contributed by atoms with Gasteiger partial charge in [-0.05, 0) is 98.2 Å². The van der Waals surface area contributed by atoms with Crippen LogP contribution < -0.4 is 10.6 Å². The Bertz CT molecular complexity index is 1280. The molecular formula is C34H45ClN6O. The lowest BCUT2D eigenvalue weighted by molar-refractivity contribution is -0.124. The van der Waals surface area contributed by atoms with E-state index in [1.54, 1.807) is 6.33 Å². The number of hydrogen-bond donors (Lipinski definition) is 2. The molecular weight excluding hydrogens is 544 g/mol. The van der Waals surface area contributed by atoms with E-state index in [0.29, 0.717) is 5.41 Å². The van der Waals surface area contributed by atoms with Gasteiger partial charge in [-0.3, -0.25) is 9.48 Å². The van der Waals surface area contributed by atoms with Crippen molar-refractivity contribution in [2.24, 2.45) is 11.3 Å². The predicted octanol–water partition coefficient (Wildman–Crippen LogP) is 5.43. The number of carbonyl (C=O) groups is 1. The summed E-state index contributed by atoms with van der Waals surface area (Å²) in [7, 11) is 0. The molecule has 1 aliphatic carbocycles. The van der Waals surface area contributed by atoms with E-state index in [1.165, 1.54) is 61.6 Å². The summed E-state index contributed by atoms with van der Waals surface area (Å²) in [4.78, 5) is 20.4. The standard InChI is InChI=1S/C34H45ClN6O/c35-30-12-10-26(11-13-30)20-31(39-33(42)32-21-27-6-4-5-7-28(27)22-37-32)14-17-40-18-15-34(16-19-40,23-41-25-36-24-38-41)29-8-2-1-3-9-29/h4-7,10-13,24-25,29,31-32,37H,1-3,8-9,14-23H2,(H,39,42)/t31-,32-/m1/s1. The highest BCUT2D eigenvalue weighted by Gasteiger charge is 2.42. The summed E-state index contributed by atoms with van der Waals surface area (Å²) < 4.78 is 2.07. The van der Waals surface area contributed by atoms with Crippen LogP contribution in [-0.2, 0) is 30.7 Å². The number of piperidine rings is 1. The molecule has 2 atom stereocenters. The first kappa shape index (κ1) is 29.3. The maximum absolute atomic E-state index is 13.5. The van der Waals surface area contributed by atoms with Gasteiger partial charge >= 0.3 is 0 Å². The molecule has 3 aliphatic rings. The third-order valence-electron chi connectivity index (χ3n) is 10.2. The average Bonchev–Trinajstić information content (AvgIpc) is 3.54. The van der Waals surface area contributed by atoms with Gasteiger partial charge in [-0.25, -0.2) is 4.98 Å². The molecule has 0 spiro atoms. The Kier molecular flexibility index (Phi) is 9.57. The molecule has 3 heterocycles. The molecule has 0 radical (unpaired) electrons. The monoisotopic (exact) mass is 588 g/mol. The summed E-state index contributed by atoms with van der Waals surface area (Å²) >= 11 is 6.17. The molecule has 1 saturated heterocycles. The van der Waals surface area contributed by atoms with E-state index in [2.05, 4.69) is 66.7 Å². The van der Waals surface area contributed by atoms with Crippen LogP contribution in [0.3, 0.4) is 0 Å². The first-order chi connectivity index (χ1) is 20.6. The van der Waals surface area contributed by atoms with Crippen molar-refractivity contribution in [2.45, 2.75) is 89.4 Å². The van der Waals surface area contributed by atoms with Crippen LogP contribution >= 0.6 is 11.6 Å². The molecule has 2 fully saturated rings. The summed E-state index contributed by atoms with van der Waals surface area (Å²) in [6.45, 7) is 4.92. The van der Waals surface area contributed by atoms with Crippen molar-refractivity contribution in [1.82, 2.24) is 30.3 Å². The number of likely N-dealkylation sites (tertiary alicyclic amines) is 1. The number of rotatable bonds is 10. The lowest BCUT2D eigenvalue weighted by Gasteiger charge is -2.48. The zero-order valence-corrected chi connectivity index (χ0v) is 25.4. The fourth-order valence-corrected chi connectivity index (χ4v) is 7.81. The lowest BCUT2D eigenvalue weighted by Crippen LogP contribution is -2.52. The zero-order valence-electron chi connectivity index (χ0n) is 24.7. The third-order valence-corrected chi connectivity index (χ3v) is 10.5. The number of nitrogens with one attached hydrogen (secondary N) is 2. The van der Waals surface area contributed by atoms with Crippen LogP contribution in [0.2, 0.25) is 5.02 Å². The Morgan fingerprint density at radius 2 is 1.81 bits per heavy atom. The SMILES string of the molecule is O=C(N[C@H](CCN1CCC(Cn2cncn2)(C2CCCCC2)CC1)Cc1ccc(Cl)cc1)[C@H]1Cc2ccccc2CN1. The molecule has 2 aromatic carbocycles. The van der Waals surface area contributed by atoms with Crippen LogP contribution in [-0.4, -0.2) is 57.3 Å². The molecule has 1 saturated carbocycles. The molecule has 1 amide bonds. The molecule has 2 N–H and O–H groups in total. The van der Waals surface area contributed by atoms with Crippen LogP contribution in [0.15, 0.2) is 61.2 Å². The van der Waals surface area contributed by atoms with Gasteiger partial charge in [-0.2, -0.15) is 5.10 Å². The molecule has 42 heavy (non-hydrogen) atoms. The van der Waals surface area contributed by atoms with E-state index >= 15 is 0 Å². The molecule has 3 aromatic rings. The molecule has 1 aromatic heterocycles. The molecule has 224 valence electrons. The van der Waals surface area contributed by atoms with Crippen LogP contribution in [0.4, 0.5) is 0 Å². The Balaban J connectivity index is 1.08. The van der Waals surface area contributed by atoms with Gasteiger partial charge < -0.3 is 15.5 Å². The van der Waals surface area contributed by atoms with Crippen molar-refractivity contribution >= 4 is 17.5 Å². The molecule has 0 unspecified atom stereocenters. The Hall–Kier alpha value is -2.74. The van der Waals surface area contributed by atoms with Crippen molar-refractivity contribution in [3.05, 3.63) is 82.9 Å². The number of hydrogen-bond acceptors (Lipinski definition) is 5. The summed E-state index contributed by atoms with van der Waals surface area (Å²) in [5, 5.41) is 12.1. The number of halogens is 1.